The second kappa shape index (κ2) is 6.43. The van der Waals surface area contributed by atoms with Gasteiger partial charge in [-0.2, -0.15) is 10.5 Å². The highest BCUT2D eigenvalue weighted by Gasteiger charge is 2.11. The Labute approximate surface area is 149 Å². The summed E-state index contributed by atoms with van der Waals surface area (Å²) in [7, 11) is 0. The maximum atomic E-state index is 9.51. The lowest BCUT2D eigenvalue weighted by molar-refractivity contribution is 0.572. The third kappa shape index (κ3) is 2.75. The van der Waals surface area contributed by atoms with E-state index in [0.29, 0.717) is 28.5 Å². The number of hydrogen-bond donors (Lipinski definition) is 1. The number of nitriles is 2. The van der Waals surface area contributed by atoms with Crippen molar-refractivity contribution >= 4 is 22.7 Å². The molecule has 0 saturated heterocycles. The van der Waals surface area contributed by atoms with E-state index in [2.05, 4.69) is 22.1 Å². The zero-order chi connectivity index (χ0) is 17.9. The van der Waals surface area contributed by atoms with Gasteiger partial charge in [0.15, 0.2) is 0 Å². The van der Waals surface area contributed by atoms with Gasteiger partial charge in [-0.3, -0.25) is 0 Å². The van der Waals surface area contributed by atoms with Crippen LogP contribution in [0.25, 0.3) is 34.0 Å². The number of aromatic nitrogens is 2. The number of nitrogens with zero attached hydrogens (tertiary/aromatic N) is 3. The summed E-state index contributed by atoms with van der Waals surface area (Å²) in [6, 6.07) is 22.7. The first-order chi connectivity index (χ1) is 12.8. The van der Waals surface area contributed by atoms with Crippen LogP contribution in [0.15, 0.2) is 65.1 Å². The van der Waals surface area contributed by atoms with Crippen molar-refractivity contribution in [1.29, 1.82) is 10.5 Å². The molecule has 0 saturated carbocycles. The summed E-state index contributed by atoms with van der Waals surface area (Å²) < 4.78 is 5.82. The van der Waals surface area contributed by atoms with Gasteiger partial charge in [0.25, 0.3) is 0 Å². The van der Waals surface area contributed by atoms with E-state index < -0.39 is 0 Å². The molecule has 5 nitrogen and oxygen atoms in total. The van der Waals surface area contributed by atoms with Gasteiger partial charge in [-0.25, -0.2) is 4.98 Å². The second-order valence-corrected chi connectivity index (χ2v) is 5.63. The number of nitrogens with one attached hydrogen (secondary N) is 1. The van der Waals surface area contributed by atoms with Gasteiger partial charge in [-0.1, -0.05) is 24.3 Å². The van der Waals surface area contributed by atoms with E-state index in [4.69, 9.17) is 4.42 Å². The molecular formula is C21H12N4O. The lowest BCUT2D eigenvalue weighted by Gasteiger charge is -1.99. The Morgan fingerprint density at radius 1 is 1.00 bits per heavy atom. The molecule has 4 aromatic rings. The molecule has 0 fully saturated rings. The standard InChI is InChI=1S/C21H12N4O/c22-12-14-5-1-2-6-17(14)20-10-9-16(26-20)11-15(13-23)21-24-18-7-3-4-8-19(18)25-21/h1-11H,(H,24,25)/b15-11-. The number of para-hydroxylation sites is 2. The van der Waals surface area contributed by atoms with Crippen LogP contribution in [0.1, 0.15) is 17.1 Å². The Bertz CT molecular complexity index is 1180. The molecule has 0 aliphatic rings. The van der Waals surface area contributed by atoms with Gasteiger partial charge in [0.2, 0.25) is 0 Å². The number of benzene rings is 2. The van der Waals surface area contributed by atoms with Gasteiger partial charge in [0, 0.05) is 11.6 Å². The highest BCUT2D eigenvalue weighted by atomic mass is 16.3. The van der Waals surface area contributed by atoms with Crippen molar-refractivity contribution in [2.75, 3.05) is 0 Å². The summed E-state index contributed by atoms with van der Waals surface area (Å²) in [5.41, 5.74) is 3.29. The van der Waals surface area contributed by atoms with Gasteiger partial charge >= 0.3 is 0 Å². The fraction of sp³-hybridized carbons (Fsp3) is 0. The molecule has 26 heavy (non-hydrogen) atoms. The smallest absolute Gasteiger partial charge is 0.149 e. The van der Waals surface area contributed by atoms with E-state index >= 15 is 0 Å². The molecule has 0 atom stereocenters. The third-order valence-electron chi connectivity index (χ3n) is 3.99. The molecule has 122 valence electrons. The van der Waals surface area contributed by atoms with Crippen molar-refractivity contribution in [2.45, 2.75) is 0 Å². The molecule has 4 rings (SSSR count). The molecule has 5 heteroatoms. The van der Waals surface area contributed by atoms with Gasteiger partial charge in [-0.05, 0) is 36.4 Å². The summed E-state index contributed by atoms with van der Waals surface area (Å²) in [6.07, 6.45) is 1.64. The minimum atomic E-state index is 0.371. The largest absolute Gasteiger partial charge is 0.457 e. The number of imidazole rings is 1. The van der Waals surface area contributed by atoms with Crippen LogP contribution in [0.5, 0.6) is 0 Å². The fourth-order valence-electron chi connectivity index (χ4n) is 2.75. The van der Waals surface area contributed by atoms with Crippen LogP contribution in [-0.2, 0) is 0 Å². The second-order valence-electron chi connectivity index (χ2n) is 5.63. The monoisotopic (exact) mass is 336 g/mol. The highest BCUT2D eigenvalue weighted by molar-refractivity contribution is 5.89. The molecule has 0 aliphatic carbocycles. The minimum absolute atomic E-state index is 0.371. The van der Waals surface area contributed by atoms with E-state index in [9.17, 15) is 10.5 Å². The summed E-state index contributed by atoms with van der Waals surface area (Å²) >= 11 is 0. The molecule has 0 aliphatic heterocycles. The maximum Gasteiger partial charge on any atom is 0.149 e. The van der Waals surface area contributed by atoms with Crippen LogP contribution >= 0.6 is 0 Å². The van der Waals surface area contributed by atoms with Gasteiger partial charge < -0.3 is 9.40 Å². The SMILES string of the molecule is N#C/C(=C/c1ccc(-c2ccccc2C#N)o1)c1nc2ccccc2[nH]1. The van der Waals surface area contributed by atoms with Crippen molar-refractivity contribution in [3.05, 3.63) is 77.8 Å². The first-order valence-corrected chi connectivity index (χ1v) is 7.95. The van der Waals surface area contributed by atoms with Crippen molar-refractivity contribution in [3.63, 3.8) is 0 Å². The average molecular weight is 336 g/mol. The summed E-state index contributed by atoms with van der Waals surface area (Å²) in [5.74, 6) is 1.59. The van der Waals surface area contributed by atoms with Crippen LogP contribution in [0.4, 0.5) is 0 Å². The van der Waals surface area contributed by atoms with Gasteiger partial charge in [-0.15, -0.1) is 0 Å². The van der Waals surface area contributed by atoms with E-state index in [0.717, 1.165) is 16.6 Å². The Morgan fingerprint density at radius 2 is 1.81 bits per heavy atom. The van der Waals surface area contributed by atoms with E-state index in [1.807, 2.05) is 36.4 Å². The quantitative estimate of drug-likeness (QED) is 0.546. The minimum Gasteiger partial charge on any atom is -0.457 e. The molecule has 0 unspecified atom stereocenters. The lowest BCUT2D eigenvalue weighted by atomic mass is 10.1. The Kier molecular flexibility index (Phi) is 3.82. The Hall–Kier alpha value is -4.09. The number of allylic oxidation sites excluding steroid dienone is 1. The topological polar surface area (TPSA) is 89.4 Å². The zero-order valence-electron chi connectivity index (χ0n) is 13.6. The van der Waals surface area contributed by atoms with E-state index in [-0.39, 0.29) is 0 Å². The van der Waals surface area contributed by atoms with Crippen molar-refractivity contribution in [3.8, 4) is 23.5 Å². The average Bonchev–Trinajstić information content (AvgIpc) is 3.32. The number of aromatic amines is 1. The first-order valence-electron chi connectivity index (χ1n) is 7.95. The summed E-state index contributed by atoms with van der Waals surface area (Å²) in [4.78, 5) is 7.58. The Morgan fingerprint density at radius 3 is 2.62 bits per heavy atom. The number of H-pyrrole nitrogens is 1. The number of fused-ring (bicyclic) bond motifs is 1. The highest BCUT2D eigenvalue weighted by Crippen LogP contribution is 2.27. The molecule has 2 aromatic carbocycles. The van der Waals surface area contributed by atoms with Crippen molar-refractivity contribution in [1.82, 2.24) is 9.97 Å². The van der Waals surface area contributed by atoms with Crippen molar-refractivity contribution in [2.24, 2.45) is 0 Å². The number of furan rings is 1. The molecule has 0 bridgehead atoms. The fourth-order valence-corrected chi connectivity index (χ4v) is 2.75. The molecule has 1 N–H and O–H groups in total. The van der Waals surface area contributed by atoms with Crippen LogP contribution in [-0.4, -0.2) is 9.97 Å². The van der Waals surface area contributed by atoms with E-state index in [1.165, 1.54) is 0 Å². The van der Waals surface area contributed by atoms with E-state index in [1.54, 1.807) is 30.3 Å². The Balaban J connectivity index is 1.72. The van der Waals surface area contributed by atoms with Gasteiger partial charge in [0.1, 0.15) is 23.4 Å². The van der Waals surface area contributed by atoms with Gasteiger partial charge in [0.05, 0.1) is 28.2 Å². The zero-order valence-corrected chi connectivity index (χ0v) is 13.6. The third-order valence-corrected chi connectivity index (χ3v) is 3.99. The number of rotatable bonds is 3. The summed E-state index contributed by atoms with van der Waals surface area (Å²) in [6.45, 7) is 0. The molecule has 0 spiro atoms. The van der Waals surface area contributed by atoms with Crippen molar-refractivity contribution < 1.29 is 4.42 Å². The molecule has 2 heterocycles. The maximum absolute atomic E-state index is 9.51. The first kappa shape index (κ1) is 15.4. The molecular weight excluding hydrogens is 324 g/mol. The predicted molar refractivity (Wildman–Crippen MR) is 98.4 cm³/mol. The predicted octanol–water partition coefficient (Wildman–Crippen LogP) is 4.76. The lowest BCUT2D eigenvalue weighted by Crippen LogP contribution is -1.84. The molecule has 0 amide bonds. The summed E-state index contributed by atoms with van der Waals surface area (Å²) in [5, 5.41) is 18.7. The molecule has 0 radical (unpaired) electrons. The normalized spacial score (nSPS) is 11.2. The van der Waals surface area contributed by atoms with Crippen LogP contribution in [0.3, 0.4) is 0 Å². The molecule has 2 aromatic heterocycles. The van der Waals surface area contributed by atoms with Crippen LogP contribution in [0.2, 0.25) is 0 Å². The number of hydrogen-bond acceptors (Lipinski definition) is 4. The van der Waals surface area contributed by atoms with Crippen LogP contribution < -0.4 is 0 Å². The van der Waals surface area contributed by atoms with Crippen LogP contribution in [0, 0.1) is 22.7 Å².